The molecule has 7 heteroatoms. The van der Waals surface area contributed by atoms with Gasteiger partial charge in [-0.25, -0.2) is 12.7 Å². The van der Waals surface area contributed by atoms with Crippen LogP contribution < -0.4 is 10.1 Å². The Bertz CT molecular complexity index is 927. The molecule has 0 fully saturated rings. The highest BCUT2D eigenvalue weighted by Crippen LogP contribution is 2.32. The highest BCUT2D eigenvalue weighted by molar-refractivity contribution is 7.89. The van der Waals surface area contributed by atoms with Crippen molar-refractivity contribution in [1.82, 2.24) is 4.31 Å². The van der Waals surface area contributed by atoms with Crippen LogP contribution in [0.4, 0.5) is 5.69 Å². The van der Waals surface area contributed by atoms with Crippen LogP contribution in [-0.4, -0.2) is 39.3 Å². The average molecular weight is 419 g/mol. The predicted molar refractivity (Wildman–Crippen MR) is 116 cm³/mol. The lowest BCUT2D eigenvalue weighted by molar-refractivity contribution is -0.118. The van der Waals surface area contributed by atoms with Crippen LogP contribution in [0, 0.1) is 5.92 Å². The maximum atomic E-state index is 13.1. The second-order valence-corrected chi connectivity index (χ2v) is 9.27. The van der Waals surface area contributed by atoms with E-state index in [-0.39, 0.29) is 28.4 Å². The Kier molecular flexibility index (Phi) is 7.81. The number of amides is 1. The molecule has 0 saturated heterocycles. The Labute approximate surface area is 173 Å². The van der Waals surface area contributed by atoms with Crippen molar-refractivity contribution in [2.75, 3.05) is 26.0 Å². The molecule has 6 nitrogen and oxygen atoms in total. The SMILES string of the molecule is CCOc1ccc(NC(=O)[C@H](c2ccccc2)[C@H](C)CC)cc1S(=O)(=O)N(C)C. The Hall–Kier alpha value is -2.38. The average Bonchev–Trinajstić information content (AvgIpc) is 2.69. The van der Waals surface area contributed by atoms with Gasteiger partial charge < -0.3 is 10.1 Å². The molecule has 0 bridgehead atoms. The van der Waals surface area contributed by atoms with Crippen molar-refractivity contribution in [2.45, 2.75) is 38.0 Å². The first kappa shape index (κ1) is 22.9. The van der Waals surface area contributed by atoms with Crippen LogP contribution in [-0.2, 0) is 14.8 Å². The monoisotopic (exact) mass is 418 g/mol. The molecule has 2 aromatic carbocycles. The molecule has 29 heavy (non-hydrogen) atoms. The molecule has 158 valence electrons. The number of ether oxygens (including phenoxy) is 1. The van der Waals surface area contributed by atoms with E-state index in [1.165, 1.54) is 20.2 Å². The first-order valence-corrected chi connectivity index (χ1v) is 11.2. The second kappa shape index (κ2) is 9.89. The molecule has 0 saturated carbocycles. The molecule has 0 spiro atoms. The van der Waals surface area contributed by atoms with Gasteiger partial charge in [0.1, 0.15) is 10.6 Å². The predicted octanol–water partition coefficient (Wildman–Crippen LogP) is 4.10. The summed E-state index contributed by atoms with van der Waals surface area (Å²) in [5.74, 6) is -0.101. The fourth-order valence-corrected chi connectivity index (χ4v) is 4.16. The van der Waals surface area contributed by atoms with Crippen molar-refractivity contribution in [3.63, 3.8) is 0 Å². The quantitative estimate of drug-likeness (QED) is 0.665. The molecule has 0 aliphatic rings. The van der Waals surface area contributed by atoms with E-state index in [0.717, 1.165) is 16.3 Å². The smallest absolute Gasteiger partial charge is 0.246 e. The van der Waals surface area contributed by atoms with Crippen molar-refractivity contribution in [3.05, 3.63) is 54.1 Å². The number of sulfonamides is 1. The summed E-state index contributed by atoms with van der Waals surface area (Å²) < 4.78 is 32.0. The molecule has 1 N–H and O–H groups in total. The van der Waals surface area contributed by atoms with Crippen LogP contribution in [0.1, 0.15) is 38.7 Å². The molecule has 2 aromatic rings. The molecule has 1 amide bonds. The van der Waals surface area contributed by atoms with Crippen molar-refractivity contribution in [3.8, 4) is 5.75 Å². The Morgan fingerprint density at radius 2 is 1.76 bits per heavy atom. The number of nitrogens with one attached hydrogen (secondary N) is 1. The highest BCUT2D eigenvalue weighted by atomic mass is 32.2. The minimum atomic E-state index is -3.72. The van der Waals surface area contributed by atoms with Crippen molar-refractivity contribution >= 4 is 21.6 Å². The number of rotatable bonds is 9. The van der Waals surface area contributed by atoms with Crippen molar-refractivity contribution < 1.29 is 17.9 Å². The first-order chi connectivity index (χ1) is 13.7. The number of carbonyl (C=O) groups is 1. The van der Waals surface area contributed by atoms with E-state index in [0.29, 0.717) is 12.3 Å². The van der Waals surface area contributed by atoms with E-state index in [9.17, 15) is 13.2 Å². The topological polar surface area (TPSA) is 75.7 Å². The third-order valence-corrected chi connectivity index (χ3v) is 6.76. The van der Waals surface area contributed by atoms with Crippen molar-refractivity contribution in [2.24, 2.45) is 5.92 Å². The molecule has 0 heterocycles. The lowest BCUT2D eigenvalue weighted by Crippen LogP contribution is -2.27. The van der Waals surface area contributed by atoms with Crippen LogP contribution in [0.2, 0.25) is 0 Å². The lowest BCUT2D eigenvalue weighted by atomic mass is 9.85. The fraction of sp³-hybridized carbons (Fsp3) is 0.409. The maximum absolute atomic E-state index is 13.1. The third-order valence-electron chi connectivity index (χ3n) is 4.92. The Balaban J connectivity index is 2.40. The summed E-state index contributed by atoms with van der Waals surface area (Å²) in [6.07, 6.45) is 0.844. The molecule has 0 aliphatic heterocycles. The van der Waals surface area contributed by atoms with Crippen LogP contribution in [0.5, 0.6) is 5.75 Å². The molecule has 0 unspecified atom stereocenters. The minimum absolute atomic E-state index is 0.0296. The number of carbonyl (C=O) groups excluding carboxylic acids is 1. The summed E-state index contributed by atoms with van der Waals surface area (Å²) in [6.45, 7) is 6.22. The van der Waals surface area contributed by atoms with Gasteiger partial charge in [-0.15, -0.1) is 0 Å². The van der Waals surface area contributed by atoms with Gasteiger partial charge in [0.25, 0.3) is 0 Å². The largest absolute Gasteiger partial charge is 0.492 e. The van der Waals surface area contributed by atoms with Gasteiger partial charge in [-0.3, -0.25) is 4.79 Å². The summed E-state index contributed by atoms with van der Waals surface area (Å²) in [5.41, 5.74) is 1.36. The molecular formula is C22H30N2O4S. The lowest BCUT2D eigenvalue weighted by Gasteiger charge is -2.23. The van der Waals surface area contributed by atoms with E-state index in [1.807, 2.05) is 44.2 Å². The van der Waals surface area contributed by atoms with E-state index >= 15 is 0 Å². The molecule has 0 radical (unpaired) electrons. The molecule has 2 rings (SSSR count). The zero-order valence-corrected chi connectivity index (χ0v) is 18.5. The second-order valence-electron chi connectivity index (χ2n) is 7.15. The summed E-state index contributed by atoms with van der Waals surface area (Å²) >= 11 is 0. The summed E-state index contributed by atoms with van der Waals surface area (Å²) in [5, 5.41) is 2.90. The molecule has 0 aromatic heterocycles. The van der Waals surface area contributed by atoms with Gasteiger partial charge in [0.15, 0.2) is 0 Å². The number of nitrogens with zero attached hydrogens (tertiary/aromatic N) is 1. The van der Waals surface area contributed by atoms with E-state index in [1.54, 1.807) is 19.1 Å². The fourth-order valence-electron chi connectivity index (χ4n) is 3.11. The summed E-state index contributed by atoms with van der Waals surface area (Å²) in [4.78, 5) is 13.1. The Morgan fingerprint density at radius 1 is 1.10 bits per heavy atom. The summed E-state index contributed by atoms with van der Waals surface area (Å²) in [6, 6.07) is 14.3. The third kappa shape index (κ3) is 5.36. The van der Waals surface area contributed by atoms with Gasteiger partial charge in [0.2, 0.25) is 15.9 Å². The minimum Gasteiger partial charge on any atom is -0.492 e. The highest BCUT2D eigenvalue weighted by Gasteiger charge is 2.27. The summed E-state index contributed by atoms with van der Waals surface area (Å²) in [7, 11) is -0.798. The first-order valence-electron chi connectivity index (χ1n) is 9.77. The number of benzene rings is 2. The van der Waals surface area contributed by atoms with Gasteiger partial charge in [-0.05, 0) is 36.6 Å². The van der Waals surface area contributed by atoms with Crippen LogP contribution in [0.25, 0.3) is 0 Å². The van der Waals surface area contributed by atoms with Gasteiger partial charge in [-0.1, -0.05) is 50.6 Å². The van der Waals surface area contributed by atoms with E-state index in [2.05, 4.69) is 5.32 Å². The van der Waals surface area contributed by atoms with Crippen LogP contribution in [0.15, 0.2) is 53.4 Å². The normalized spacial score (nSPS) is 13.7. The van der Waals surface area contributed by atoms with Crippen LogP contribution >= 0.6 is 0 Å². The maximum Gasteiger partial charge on any atom is 0.246 e. The number of hydrogen-bond donors (Lipinski definition) is 1. The standard InChI is InChI=1S/C22H30N2O4S/c1-6-16(3)21(17-11-9-8-10-12-17)22(25)23-18-13-14-19(28-7-2)20(15-18)29(26,27)24(4)5/h8-16,21H,6-7H2,1-5H3,(H,23,25)/t16-,21+/m1/s1. The van der Waals surface area contributed by atoms with E-state index < -0.39 is 10.0 Å². The van der Waals surface area contributed by atoms with Gasteiger partial charge in [0.05, 0.1) is 12.5 Å². The van der Waals surface area contributed by atoms with Crippen molar-refractivity contribution in [1.29, 1.82) is 0 Å². The van der Waals surface area contributed by atoms with Gasteiger partial charge in [0, 0.05) is 19.8 Å². The zero-order chi connectivity index (χ0) is 21.6. The molecule has 0 aliphatic carbocycles. The number of hydrogen-bond acceptors (Lipinski definition) is 4. The number of anilines is 1. The van der Waals surface area contributed by atoms with Crippen LogP contribution in [0.3, 0.4) is 0 Å². The zero-order valence-electron chi connectivity index (χ0n) is 17.7. The molecule has 2 atom stereocenters. The van der Waals surface area contributed by atoms with Gasteiger partial charge in [-0.2, -0.15) is 0 Å². The van der Waals surface area contributed by atoms with Gasteiger partial charge >= 0.3 is 0 Å². The Morgan fingerprint density at radius 3 is 2.31 bits per heavy atom. The molecular weight excluding hydrogens is 388 g/mol. The van der Waals surface area contributed by atoms with E-state index in [4.69, 9.17) is 4.74 Å².